The summed E-state index contributed by atoms with van der Waals surface area (Å²) in [6.45, 7) is 6.75. The SMILES string of the molecule is COC(=O)c1cc(C)cc(CN2CCCN(c3nc4ccc(Cl)cc4s3)CC2)c1. The summed E-state index contributed by atoms with van der Waals surface area (Å²) in [5.74, 6) is -0.284. The Bertz CT molecular complexity index is 1040. The number of nitrogens with zero attached hydrogens (tertiary/aromatic N) is 3. The van der Waals surface area contributed by atoms with Crippen LogP contribution in [0.5, 0.6) is 0 Å². The van der Waals surface area contributed by atoms with E-state index in [1.165, 1.54) is 7.11 Å². The van der Waals surface area contributed by atoms with E-state index in [2.05, 4.69) is 15.9 Å². The Morgan fingerprint density at radius 1 is 1.17 bits per heavy atom. The Labute approximate surface area is 179 Å². The minimum Gasteiger partial charge on any atom is -0.465 e. The van der Waals surface area contributed by atoms with Crippen LogP contribution in [0.3, 0.4) is 0 Å². The zero-order chi connectivity index (χ0) is 20.4. The second-order valence-corrected chi connectivity index (χ2v) is 8.87. The van der Waals surface area contributed by atoms with Crippen molar-refractivity contribution in [2.45, 2.75) is 19.9 Å². The highest BCUT2D eigenvalue weighted by molar-refractivity contribution is 7.22. The minimum absolute atomic E-state index is 0.284. The van der Waals surface area contributed by atoms with Gasteiger partial charge in [-0.1, -0.05) is 29.0 Å². The Morgan fingerprint density at radius 2 is 2.03 bits per heavy atom. The lowest BCUT2D eigenvalue weighted by molar-refractivity contribution is 0.0600. The normalized spacial score (nSPS) is 15.5. The van der Waals surface area contributed by atoms with Crippen molar-refractivity contribution in [3.8, 4) is 0 Å². The predicted molar refractivity (Wildman–Crippen MR) is 119 cm³/mol. The molecule has 0 saturated carbocycles. The number of fused-ring (bicyclic) bond motifs is 1. The van der Waals surface area contributed by atoms with E-state index in [4.69, 9.17) is 21.3 Å². The van der Waals surface area contributed by atoms with Crippen molar-refractivity contribution in [1.82, 2.24) is 9.88 Å². The summed E-state index contributed by atoms with van der Waals surface area (Å²) >= 11 is 7.82. The van der Waals surface area contributed by atoms with E-state index in [9.17, 15) is 4.79 Å². The van der Waals surface area contributed by atoms with Crippen molar-refractivity contribution < 1.29 is 9.53 Å². The van der Waals surface area contributed by atoms with Gasteiger partial charge in [0.25, 0.3) is 0 Å². The van der Waals surface area contributed by atoms with E-state index in [-0.39, 0.29) is 5.97 Å². The molecule has 0 amide bonds. The van der Waals surface area contributed by atoms with E-state index in [1.807, 2.05) is 37.3 Å². The van der Waals surface area contributed by atoms with E-state index >= 15 is 0 Å². The van der Waals surface area contributed by atoms with Crippen LogP contribution >= 0.6 is 22.9 Å². The second-order valence-electron chi connectivity index (χ2n) is 7.42. The van der Waals surface area contributed by atoms with Gasteiger partial charge in [0.05, 0.1) is 22.9 Å². The number of aromatic nitrogens is 1. The number of rotatable bonds is 4. The maximum absolute atomic E-state index is 11.9. The molecule has 0 bridgehead atoms. The van der Waals surface area contributed by atoms with Gasteiger partial charge in [-0.05, 0) is 54.8 Å². The lowest BCUT2D eigenvalue weighted by Gasteiger charge is -2.22. The van der Waals surface area contributed by atoms with Gasteiger partial charge in [0, 0.05) is 37.7 Å². The molecule has 0 aliphatic carbocycles. The fraction of sp³-hybridized carbons (Fsp3) is 0.364. The van der Waals surface area contributed by atoms with Crippen LogP contribution < -0.4 is 4.90 Å². The Hall–Kier alpha value is -2.15. The first-order valence-corrected chi connectivity index (χ1v) is 10.9. The first-order chi connectivity index (χ1) is 14.0. The number of halogens is 1. The number of methoxy groups -OCH3 is 1. The first kappa shape index (κ1) is 20.1. The van der Waals surface area contributed by atoms with Gasteiger partial charge in [-0.3, -0.25) is 4.90 Å². The number of hydrogen-bond donors (Lipinski definition) is 0. The van der Waals surface area contributed by atoms with Crippen LogP contribution in [0.25, 0.3) is 10.2 Å². The summed E-state index contributed by atoms with van der Waals surface area (Å²) in [6.07, 6.45) is 1.08. The summed E-state index contributed by atoms with van der Waals surface area (Å²) in [4.78, 5) is 21.5. The van der Waals surface area contributed by atoms with E-state index in [0.29, 0.717) is 5.56 Å². The summed E-state index contributed by atoms with van der Waals surface area (Å²) in [5, 5.41) is 1.81. The molecule has 2 heterocycles. The van der Waals surface area contributed by atoms with Gasteiger partial charge in [-0.2, -0.15) is 0 Å². The number of anilines is 1. The van der Waals surface area contributed by atoms with Crippen LogP contribution in [-0.2, 0) is 11.3 Å². The van der Waals surface area contributed by atoms with Gasteiger partial charge in [0.15, 0.2) is 5.13 Å². The van der Waals surface area contributed by atoms with Crippen LogP contribution in [0.2, 0.25) is 5.02 Å². The largest absolute Gasteiger partial charge is 0.465 e. The highest BCUT2D eigenvalue weighted by Gasteiger charge is 2.19. The molecule has 4 rings (SSSR count). The van der Waals surface area contributed by atoms with Crippen molar-refractivity contribution in [2.24, 2.45) is 0 Å². The van der Waals surface area contributed by atoms with Crippen LogP contribution in [0.1, 0.15) is 27.9 Å². The summed E-state index contributed by atoms with van der Waals surface area (Å²) in [5.41, 5.74) is 3.85. The van der Waals surface area contributed by atoms with Gasteiger partial charge in [0.1, 0.15) is 0 Å². The third kappa shape index (κ3) is 4.71. The first-order valence-electron chi connectivity index (χ1n) is 9.74. The average Bonchev–Trinajstić information content (AvgIpc) is 2.97. The lowest BCUT2D eigenvalue weighted by atomic mass is 10.1. The van der Waals surface area contributed by atoms with Gasteiger partial charge >= 0.3 is 5.97 Å². The van der Waals surface area contributed by atoms with Crippen LogP contribution in [-0.4, -0.2) is 49.1 Å². The van der Waals surface area contributed by atoms with Crippen molar-refractivity contribution >= 4 is 44.3 Å². The molecule has 0 atom stereocenters. The molecular formula is C22H24ClN3O2S. The maximum Gasteiger partial charge on any atom is 0.337 e. The highest BCUT2D eigenvalue weighted by atomic mass is 35.5. The molecule has 3 aromatic rings. The fourth-order valence-electron chi connectivity index (χ4n) is 3.79. The van der Waals surface area contributed by atoms with Crippen LogP contribution in [0.4, 0.5) is 5.13 Å². The van der Waals surface area contributed by atoms with E-state index in [0.717, 1.165) is 70.6 Å². The smallest absolute Gasteiger partial charge is 0.337 e. The Morgan fingerprint density at radius 3 is 2.86 bits per heavy atom. The Kier molecular flexibility index (Phi) is 6.04. The number of hydrogen-bond acceptors (Lipinski definition) is 6. The lowest BCUT2D eigenvalue weighted by Crippen LogP contribution is -2.30. The fourth-order valence-corrected chi connectivity index (χ4v) is 5.08. The molecule has 152 valence electrons. The van der Waals surface area contributed by atoms with Crippen molar-refractivity contribution in [2.75, 3.05) is 38.2 Å². The molecule has 1 fully saturated rings. The minimum atomic E-state index is -0.284. The number of ether oxygens (including phenoxy) is 1. The van der Waals surface area contributed by atoms with Gasteiger partial charge in [-0.15, -0.1) is 0 Å². The van der Waals surface area contributed by atoms with Gasteiger partial charge in [-0.25, -0.2) is 9.78 Å². The molecule has 0 radical (unpaired) electrons. The van der Waals surface area contributed by atoms with Crippen LogP contribution in [0.15, 0.2) is 36.4 Å². The Balaban J connectivity index is 1.45. The van der Waals surface area contributed by atoms with Crippen LogP contribution in [0, 0.1) is 6.92 Å². The number of aryl methyl sites for hydroxylation is 1. The topological polar surface area (TPSA) is 45.7 Å². The van der Waals surface area contributed by atoms with Gasteiger partial charge in [0.2, 0.25) is 0 Å². The van der Waals surface area contributed by atoms with Crippen molar-refractivity contribution in [3.63, 3.8) is 0 Å². The zero-order valence-electron chi connectivity index (χ0n) is 16.7. The summed E-state index contributed by atoms with van der Waals surface area (Å²) in [6, 6.07) is 11.8. The average molecular weight is 430 g/mol. The van der Waals surface area contributed by atoms with E-state index < -0.39 is 0 Å². The summed E-state index contributed by atoms with van der Waals surface area (Å²) < 4.78 is 6.01. The van der Waals surface area contributed by atoms with E-state index in [1.54, 1.807) is 11.3 Å². The zero-order valence-corrected chi connectivity index (χ0v) is 18.2. The van der Waals surface area contributed by atoms with Crippen molar-refractivity contribution in [3.05, 3.63) is 58.1 Å². The highest BCUT2D eigenvalue weighted by Crippen LogP contribution is 2.31. The molecule has 0 N–H and O–H groups in total. The summed E-state index contributed by atoms with van der Waals surface area (Å²) in [7, 11) is 1.42. The second kappa shape index (κ2) is 8.69. The molecule has 0 spiro atoms. The number of carbonyl (C=O) groups is 1. The molecule has 0 unspecified atom stereocenters. The third-order valence-electron chi connectivity index (χ3n) is 5.16. The van der Waals surface area contributed by atoms with Crippen molar-refractivity contribution in [1.29, 1.82) is 0 Å². The number of carbonyl (C=O) groups excluding carboxylic acids is 1. The molecule has 1 saturated heterocycles. The van der Waals surface area contributed by atoms with Gasteiger partial charge < -0.3 is 9.64 Å². The molecule has 7 heteroatoms. The number of thiazole rings is 1. The number of esters is 1. The molecule has 1 aliphatic rings. The third-order valence-corrected chi connectivity index (χ3v) is 6.48. The quantitative estimate of drug-likeness (QED) is 0.559. The predicted octanol–water partition coefficient (Wildman–Crippen LogP) is 4.76. The molecule has 2 aromatic carbocycles. The monoisotopic (exact) mass is 429 g/mol. The molecular weight excluding hydrogens is 406 g/mol. The molecule has 29 heavy (non-hydrogen) atoms. The molecule has 1 aromatic heterocycles. The number of benzene rings is 2. The molecule has 5 nitrogen and oxygen atoms in total. The molecule has 1 aliphatic heterocycles. The standard InChI is InChI=1S/C22H24ClN3O2S/c1-15-10-16(12-17(11-15)21(27)28-2)14-25-6-3-7-26(9-8-25)22-24-19-5-4-18(23)13-20(19)29-22/h4-5,10-13H,3,6-9,14H2,1-2H3. The maximum atomic E-state index is 11.9.